The van der Waals surface area contributed by atoms with Crippen molar-refractivity contribution in [3.63, 3.8) is 0 Å². The minimum Gasteiger partial charge on any atom is -0.383 e. The number of ether oxygens (including phenoxy) is 1. The lowest BCUT2D eigenvalue weighted by atomic mass is 10.1. The van der Waals surface area contributed by atoms with E-state index >= 15 is 0 Å². The Labute approximate surface area is 373 Å². The molecule has 332 valence electrons. The van der Waals surface area contributed by atoms with E-state index in [0.717, 1.165) is 22.4 Å². The molecule has 4 aromatic heterocycles. The van der Waals surface area contributed by atoms with Gasteiger partial charge in [0, 0.05) is 58.4 Å². The van der Waals surface area contributed by atoms with Crippen LogP contribution in [-0.4, -0.2) is 126 Å². The highest BCUT2D eigenvalue weighted by Crippen LogP contribution is 2.33. The van der Waals surface area contributed by atoms with E-state index in [1.54, 1.807) is 46.4 Å². The molecule has 2 aliphatic rings. The van der Waals surface area contributed by atoms with Gasteiger partial charge in [0.25, 0.3) is 11.8 Å². The van der Waals surface area contributed by atoms with Crippen molar-refractivity contribution in [2.24, 2.45) is 11.5 Å². The van der Waals surface area contributed by atoms with Gasteiger partial charge in [-0.3, -0.25) is 19.2 Å². The number of likely N-dealkylation sites (tertiary alicyclic amines) is 2. The van der Waals surface area contributed by atoms with Crippen LogP contribution in [0.3, 0.4) is 0 Å². The van der Waals surface area contributed by atoms with Crippen LogP contribution in [0.1, 0.15) is 79.8 Å². The first-order valence-corrected chi connectivity index (χ1v) is 21.0. The van der Waals surface area contributed by atoms with Crippen molar-refractivity contribution >= 4 is 57.3 Å². The summed E-state index contributed by atoms with van der Waals surface area (Å²) >= 11 is 0. The minimum atomic E-state index is -0.677. The molecule has 19 nitrogen and oxygen atoms in total. The number of H-pyrrole nitrogens is 2. The van der Waals surface area contributed by atoms with Crippen LogP contribution in [0.15, 0.2) is 61.2 Å². The zero-order valence-electron chi connectivity index (χ0n) is 36.4. The van der Waals surface area contributed by atoms with E-state index in [2.05, 4.69) is 60.9 Å². The van der Waals surface area contributed by atoms with Crippen LogP contribution in [0.4, 0.5) is 11.6 Å². The molecule has 0 spiro atoms. The highest BCUT2D eigenvalue weighted by atomic mass is 16.5. The molecule has 3 atom stereocenters. The molecule has 2 saturated heterocycles. The van der Waals surface area contributed by atoms with Crippen molar-refractivity contribution in [2.45, 2.75) is 44.3 Å². The van der Waals surface area contributed by atoms with E-state index in [1.165, 1.54) is 12.2 Å². The van der Waals surface area contributed by atoms with Crippen LogP contribution in [-0.2, 0) is 20.7 Å². The molecule has 8 N–H and O–H groups in total. The number of hydrogen-bond donors (Lipinski definition) is 6. The third-order valence-corrected chi connectivity index (χ3v) is 11.5. The summed E-state index contributed by atoms with van der Waals surface area (Å²) in [5.41, 5.74) is 16.9. The summed E-state index contributed by atoms with van der Waals surface area (Å²) < 4.78 is 8.90. The van der Waals surface area contributed by atoms with Gasteiger partial charge in [-0.25, -0.2) is 19.3 Å². The summed E-state index contributed by atoms with van der Waals surface area (Å²) in [5, 5.41) is 15.5. The molecule has 0 radical (unpaired) electrons. The van der Waals surface area contributed by atoms with Gasteiger partial charge in [-0.1, -0.05) is 24.5 Å². The number of aryl methyl sites for hydroxylation is 1. The number of allylic oxidation sites excluding steroid dienone is 1. The Hall–Kier alpha value is -8.16. The van der Waals surface area contributed by atoms with Crippen molar-refractivity contribution in [3.8, 4) is 23.7 Å². The maximum Gasteiger partial charge on any atom is 0.255 e. The Morgan fingerprint density at radius 2 is 1.45 bits per heavy atom. The van der Waals surface area contributed by atoms with Crippen molar-refractivity contribution in [3.05, 3.63) is 106 Å². The van der Waals surface area contributed by atoms with Crippen molar-refractivity contribution in [1.29, 1.82) is 0 Å². The Morgan fingerprint density at radius 3 is 2.03 bits per heavy atom. The molecular formula is C46H48N14O5. The zero-order chi connectivity index (χ0) is 45.9. The van der Waals surface area contributed by atoms with Gasteiger partial charge < -0.3 is 46.6 Å². The maximum atomic E-state index is 13.8. The molecule has 2 aromatic carbocycles. The molecular weight excluding hydrogens is 829 g/mol. The average molecular weight is 877 g/mol. The number of fused-ring (bicyclic) bond motifs is 2. The van der Waals surface area contributed by atoms with E-state index < -0.39 is 11.8 Å². The fraction of sp³-hybridized carbons (Fsp3) is 0.304. The van der Waals surface area contributed by atoms with Gasteiger partial charge in [-0.05, 0) is 80.2 Å². The topological polar surface area (TPSA) is 253 Å². The van der Waals surface area contributed by atoms with Gasteiger partial charge in [0.15, 0.2) is 11.4 Å². The Kier molecular flexibility index (Phi) is 12.2. The normalized spacial score (nSPS) is 17.0. The first-order chi connectivity index (χ1) is 31.4. The Morgan fingerprint density at radius 1 is 0.846 bits per heavy atom. The van der Waals surface area contributed by atoms with Crippen LogP contribution in [0.25, 0.3) is 22.1 Å². The Bertz CT molecular complexity index is 3040. The van der Waals surface area contributed by atoms with Crippen LogP contribution >= 0.6 is 0 Å². The number of benzene rings is 2. The second-order valence-electron chi connectivity index (χ2n) is 15.8. The number of nitrogens with zero attached hydrogens (tertiary/aromatic N) is 8. The Balaban J connectivity index is 0.962. The number of amides is 4. The van der Waals surface area contributed by atoms with Gasteiger partial charge in [-0.15, -0.1) is 0 Å². The van der Waals surface area contributed by atoms with Crippen LogP contribution < -0.4 is 22.1 Å². The third-order valence-electron chi connectivity index (χ3n) is 11.5. The average Bonchev–Trinajstić information content (AvgIpc) is 4.15. The van der Waals surface area contributed by atoms with Crippen LogP contribution in [0, 0.1) is 30.6 Å². The zero-order valence-corrected chi connectivity index (χ0v) is 36.4. The highest BCUT2D eigenvalue weighted by Gasteiger charge is 2.38. The van der Waals surface area contributed by atoms with Crippen molar-refractivity contribution < 1.29 is 23.9 Å². The van der Waals surface area contributed by atoms with Gasteiger partial charge in [-0.2, -0.15) is 10.2 Å². The SMILES string of the molecule is C=CC(=O)N1CC[C@H](n2nc(C#Cc3ccc4nc(C/C=C/C(=O)N5C[C@@H](n6nc(C#Cc7ccc8nc(C)[nH]c8c7)c(C(N)=O)c6NC)C[C@@H]5COC)[nH]c4c3)c(C(N)=O)c2NC)C1. The number of nitrogens with one attached hydrogen (secondary N) is 4. The largest absolute Gasteiger partial charge is 0.383 e. The monoisotopic (exact) mass is 876 g/mol. The van der Waals surface area contributed by atoms with E-state index in [9.17, 15) is 19.2 Å². The molecule has 6 aromatic rings. The number of rotatable bonds is 12. The van der Waals surface area contributed by atoms with Crippen LogP contribution in [0.5, 0.6) is 0 Å². The summed E-state index contributed by atoms with van der Waals surface area (Å²) in [6.45, 7) is 7.01. The summed E-state index contributed by atoms with van der Waals surface area (Å²) in [6, 6.07) is 10.4. The number of aromatic amines is 2. The molecule has 0 saturated carbocycles. The first-order valence-electron chi connectivity index (χ1n) is 21.0. The second-order valence-corrected chi connectivity index (χ2v) is 15.8. The second kappa shape index (κ2) is 18.3. The molecule has 0 bridgehead atoms. The van der Waals surface area contributed by atoms with E-state index in [0.29, 0.717) is 79.6 Å². The molecule has 4 amide bonds. The number of methoxy groups -OCH3 is 1. The van der Waals surface area contributed by atoms with Gasteiger partial charge in [0.05, 0.1) is 46.8 Å². The summed E-state index contributed by atoms with van der Waals surface area (Å²) in [7, 11) is 4.95. The molecule has 2 aliphatic heterocycles. The lowest BCUT2D eigenvalue weighted by molar-refractivity contribution is -0.128. The van der Waals surface area contributed by atoms with E-state index in [4.69, 9.17) is 26.3 Å². The predicted molar refractivity (Wildman–Crippen MR) is 244 cm³/mol. The lowest BCUT2D eigenvalue weighted by Crippen LogP contribution is -2.37. The first kappa shape index (κ1) is 43.5. The van der Waals surface area contributed by atoms with E-state index in [-0.39, 0.29) is 52.5 Å². The number of carbonyl (C=O) groups is 4. The molecule has 0 unspecified atom stereocenters. The number of nitrogens with two attached hydrogens (primary N) is 2. The van der Waals surface area contributed by atoms with Crippen LogP contribution in [0.2, 0.25) is 0 Å². The highest BCUT2D eigenvalue weighted by molar-refractivity contribution is 6.01. The smallest absolute Gasteiger partial charge is 0.255 e. The molecule has 2 fully saturated rings. The fourth-order valence-electron chi connectivity index (χ4n) is 8.56. The number of primary amides is 2. The molecule has 65 heavy (non-hydrogen) atoms. The minimum absolute atomic E-state index is 0.165. The van der Waals surface area contributed by atoms with Gasteiger partial charge >= 0.3 is 0 Å². The molecule has 6 heterocycles. The standard InChI is InChI=1S/C46H48N14O5/c1-6-39(61)57-19-18-29(23-57)59-45(49-3)41(43(47)63)34(55-59)16-13-28-11-15-33-37(21-28)54-38(53-33)8-7-9-40(62)58-24-30(22-31(58)25-65-5)60-46(50-4)42(44(48)64)35(56-60)17-12-27-10-14-32-36(20-27)52-26(2)51-32/h6-7,9-11,14-15,20-21,29-31,49-50H,1,8,18-19,22-25H2,2-5H3,(H2,47,63)(H2,48,64)(H,51,52)(H,53,54)/b9-7+/t29-,30-,31+/m0/s1. The number of anilines is 2. The third kappa shape index (κ3) is 8.77. The molecule has 8 rings (SSSR count). The lowest BCUT2D eigenvalue weighted by Gasteiger charge is -2.22. The number of carbonyl (C=O) groups excluding carboxylic acids is 4. The number of aromatic nitrogens is 8. The predicted octanol–water partition coefficient (Wildman–Crippen LogP) is 2.77. The maximum absolute atomic E-state index is 13.8. The summed E-state index contributed by atoms with van der Waals surface area (Å²) in [4.78, 5) is 70.4. The summed E-state index contributed by atoms with van der Waals surface area (Å²) in [6.07, 6.45) is 6.06. The van der Waals surface area contributed by atoms with Gasteiger partial charge in [0.1, 0.15) is 34.4 Å². The molecule has 0 aliphatic carbocycles. The molecule has 19 heteroatoms. The van der Waals surface area contributed by atoms with Gasteiger partial charge in [0.2, 0.25) is 11.8 Å². The summed E-state index contributed by atoms with van der Waals surface area (Å²) in [5.74, 6) is 12.8. The number of imidazole rings is 2. The van der Waals surface area contributed by atoms with Crippen molar-refractivity contribution in [2.75, 3.05) is 58.1 Å². The number of hydrogen-bond acceptors (Lipinski definition) is 11. The van der Waals surface area contributed by atoms with Crippen molar-refractivity contribution in [1.82, 2.24) is 49.3 Å². The quantitative estimate of drug-likeness (QED) is 0.0770. The van der Waals surface area contributed by atoms with E-state index in [1.807, 2.05) is 43.3 Å². The fourth-order valence-corrected chi connectivity index (χ4v) is 8.56.